The molecule has 2 aromatic heterocycles. The van der Waals surface area contributed by atoms with Crippen molar-refractivity contribution < 1.29 is 4.74 Å². The van der Waals surface area contributed by atoms with Crippen LogP contribution in [0.1, 0.15) is 22.3 Å². The third-order valence-electron chi connectivity index (χ3n) is 13.0. The fraction of sp³-hybridized carbons (Fsp3) is 0.0169. The summed E-state index contributed by atoms with van der Waals surface area (Å²) in [6.07, 6.45) is 0. The van der Waals surface area contributed by atoms with E-state index < -0.39 is 5.41 Å². The summed E-state index contributed by atoms with van der Waals surface area (Å²) in [5.74, 6) is 2.40. The SMILES string of the molecule is c1ccc(-c2ccc3c(c2)C2(c4cc(-c5ccccc5-c5nc(-c6ccccc6)cc(-c6ccccc6)n5)ccc4O3)c3ccccc3-c3c2ccc2c3sc3ccccc32)cc1. The van der Waals surface area contributed by atoms with Crippen LogP contribution in [0.5, 0.6) is 11.5 Å². The highest BCUT2D eigenvalue weighted by Gasteiger charge is 2.52. The van der Waals surface area contributed by atoms with E-state index in [9.17, 15) is 0 Å². The molecule has 1 spiro atoms. The van der Waals surface area contributed by atoms with Crippen molar-refractivity contribution in [2.24, 2.45) is 0 Å². The van der Waals surface area contributed by atoms with Crippen molar-refractivity contribution >= 4 is 31.5 Å². The highest BCUT2D eigenvalue weighted by atomic mass is 32.1. The number of ether oxygens (including phenoxy) is 1. The summed E-state index contributed by atoms with van der Waals surface area (Å²) in [6, 6.07) is 78.2. The number of fused-ring (bicyclic) bond motifs is 13. The first-order chi connectivity index (χ1) is 31.2. The van der Waals surface area contributed by atoms with Crippen LogP contribution >= 0.6 is 11.3 Å². The molecule has 3 heterocycles. The Labute approximate surface area is 369 Å². The second-order valence-electron chi connectivity index (χ2n) is 16.4. The van der Waals surface area contributed by atoms with E-state index in [0.717, 1.165) is 67.4 Å². The molecule has 11 aromatic rings. The number of rotatable bonds is 5. The Kier molecular flexibility index (Phi) is 7.99. The van der Waals surface area contributed by atoms with Crippen LogP contribution in [0.25, 0.3) is 87.5 Å². The maximum absolute atomic E-state index is 7.03. The van der Waals surface area contributed by atoms with E-state index in [2.05, 4.69) is 206 Å². The van der Waals surface area contributed by atoms with Crippen molar-refractivity contribution in [3.8, 4) is 78.8 Å². The summed E-state index contributed by atoms with van der Waals surface area (Å²) in [5.41, 5.74) is 15.9. The van der Waals surface area contributed by atoms with Crippen LogP contribution in [0, 0.1) is 0 Å². The second kappa shape index (κ2) is 14.1. The smallest absolute Gasteiger partial charge is 0.161 e. The Morgan fingerprint density at radius 3 is 1.62 bits per heavy atom. The fourth-order valence-electron chi connectivity index (χ4n) is 10.2. The number of nitrogens with zero attached hydrogens (tertiary/aromatic N) is 2. The van der Waals surface area contributed by atoms with Gasteiger partial charge < -0.3 is 4.74 Å². The number of aromatic nitrogens is 2. The summed E-state index contributed by atoms with van der Waals surface area (Å²) < 4.78 is 9.65. The van der Waals surface area contributed by atoms with E-state index in [1.54, 1.807) is 0 Å². The van der Waals surface area contributed by atoms with Crippen LogP contribution in [0.15, 0.2) is 218 Å². The van der Waals surface area contributed by atoms with Gasteiger partial charge in [0.05, 0.1) is 16.8 Å². The highest BCUT2D eigenvalue weighted by molar-refractivity contribution is 7.26. The molecule has 13 rings (SSSR count). The lowest BCUT2D eigenvalue weighted by atomic mass is 9.65. The van der Waals surface area contributed by atoms with Crippen LogP contribution in [0.4, 0.5) is 0 Å². The van der Waals surface area contributed by atoms with Gasteiger partial charge in [-0.2, -0.15) is 0 Å². The first kappa shape index (κ1) is 35.8. The average Bonchev–Trinajstić information content (AvgIpc) is 3.89. The summed E-state index contributed by atoms with van der Waals surface area (Å²) in [4.78, 5) is 10.6. The Balaban J connectivity index is 1.08. The molecule has 4 heteroatoms. The van der Waals surface area contributed by atoms with Crippen LogP contribution in [-0.2, 0) is 5.41 Å². The molecule has 2 aliphatic rings. The van der Waals surface area contributed by atoms with Gasteiger partial charge in [-0.05, 0) is 75.3 Å². The lowest BCUT2D eigenvalue weighted by Crippen LogP contribution is -2.32. The average molecular weight is 821 g/mol. The molecular weight excluding hydrogens is 785 g/mol. The van der Waals surface area contributed by atoms with E-state index in [1.165, 1.54) is 48.0 Å². The van der Waals surface area contributed by atoms with Crippen molar-refractivity contribution in [3.63, 3.8) is 0 Å². The fourth-order valence-corrected chi connectivity index (χ4v) is 11.5. The highest BCUT2D eigenvalue weighted by Crippen LogP contribution is 2.64. The molecule has 0 N–H and O–H groups in total. The normalized spacial score (nSPS) is 14.5. The van der Waals surface area contributed by atoms with Crippen LogP contribution in [-0.4, -0.2) is 9.97 Å². The molecule has 0 saturated carbocycles. The molecule has 1 unspecified atom stereocenters. The maximum atomic E-state index is 7.03. The first-order valence-corrected chi connectivity index (χ1v) is 22.2. The second-order valence-corrected chi connectivity index (χ2v) is 17.4. The minimum Gasteiger partial charge on any atom is -0.457 e. The molecule has 63 heavy (non-hydrogen) atoms. The minimum atomic E-state index is -0.681. The predicted molar refractivity (Wildman–Crippen MR) is 259 cm³/mol. The Hall–Kier alpha value is -7.92. The first-order valence-electron chi connectivity index (χ1n) is 21.4. The topological polar surface area (TPSA) is 35.0 Å². The maximum Gasteiger partial charge on any atom is 0.161 e. The Morgan fingerprint density at radius 1 is 0.365 bits per heavy atom. The van der Waals surface area contributed by atoms with Gasteiger partial charge in [-0.25, -0.2) is 9.97 Å². The summed E-state index contributed by atoms with van der Waals surface area (Å²) in [7, 11) is 0. The summed E-state index contributed by atoms with van der Waals surface area (Å²) in [6.45, 7) is 0. The van der Waals surface area contributed by atoms with Gasteiger partial charge in [0.15, 0.2) is 5.82 Å². The zero-order valence-corrected chi connectivity index (χ0v) is 34.8. The van der Waals surface area contributed by atoms with Crippen molar-refractivity contribution in [2.45, 2.75) is 5.41 Å². The molecule has 0 bridgehead atoms. The van der Waals surface area contributed by atoms with Crippen LogP contribution < -0.4 is 4.74 Å². The van der Waals surface area contributed by atoms with Gasteiger partial charge in [0, 0.05) is 53.6 Å². The molecule has 0 saturated heterocycles. The van der Waals surface area contributed by atoms with Gasteiger partial charge in [0.25, 0.3) is 0 Å². The van der Waals surface area contributed by atoms with E-state index in [1.807, 2.05) is 23.5 Å². The molecule has 294 valence electrons. The summed E-state index contributed by atoms with van der Waals surface area (Å²) >= 11 is 1.89. The number of thiophene rings is 1. The largest absolute Gasteiger partial charge is 0.457 e. The lowest BCUT2D eigenvalue weighted by molar-refractivity contribution is 0.436. The molecule has 3 nitrogen and oxygen atoms in total. The van der Waals surface area contributed by atoms with Gasteiger partial charge >= 0.3 is 0 Å². The van der Waals surface area contributed by atoms with Crippen molar-refractivity contribution in [2.75, 3.05) is 0 Å². The Bertz CT molecular complexity index is 3540. The van der Waals surface area contributed by atoms with Crippen molar-refractivity contribution in [1.29, 1.82) is 0 Å². The molecule has 1 aliphatic heterocycles. The lowest BCUT2D eigenvalue weighted by Gasteiger charge is -2.40. The monoisotopic (exact) mass is 820 g/mol. The van der Waals surface area contributed by atoms with E-state index >= 15 is 0 Å². The van der Waals surface area contributed by atoms with Gasteiger partial charge in [-0.3, -0.25) is 0 Å². The van der Waals surface area contributed by atoms with E-state index in [-0.39, 0.29) is 0 Å². The molecule has 0 radical (unpaired) electrons. The Morgan fingerprint density at radius 2 is 0.921 bits per heavy atom. The standard InChI is InChI=1S/C59H36N2OS/c1-4-16-37(17-5-1)40-28-32-53-49(34-40)59(47-26-14-12-25-46(47)56-48(59)31-30-44-43-23-13-15-27-55(43)63-57(44)56)50-35-41(29-33-54(50)62-53)42-22-10-11-24-45(42)58-60-51(38-18-6-2-7-19-38)36-52(61-58)39-20-8-3-9-21-39/h1-36H. The predicted octanol–water partition coefficient (Wildman–Crippen LogP) is 15.6. The molecule has 0 fully saturated rings. The zero-order chi connectivity index (χ0) is 41.5. The molecule has 0 amide bonds. The zero-order valence-electron chi connectivity index (χ0n) is 34.0. The molecule has 9 aromatic carbocycles. The molecule has 1 aliphatic carbocycles. The van der Waals surface area contributed by atoms with E-state index in [4.69, 9.17) is 14.7 Å². The number of hydrogen-bond acceptors (Lipinski definition) is 4. The quantitative estimate of drug-likeness (QED) is 0.173. The van der Waals surface area contributed by atoms with Crippen molar-refractivity contribution in [3.05, 3.63) is 241 Å². The molecular formula is C59H36N2OS. The number of hydrogen-bond donors (Lipinski definition) is 0. The molecule has 1 atom stereocenters. The minimum absolute atomic E-state index is 0.677. The van der Waals surface area contributed by atoms with Crippen molar-refractivity contribution in [1.82, 2.24) is 9.97 Å². The third kappa shape index (κ3) is 5.45. The van der Waals surface area contributed by atoms with Crippen LogP contribution in [0.3, 0.4) is 0 Å². The third-order valence-corrected chi connectivity index (χ3v) is 14.2. The van der Waals surface area contributed by atoms with Gasteiger partial charge in [0.1, 0.15) is 11.5 Å². The van der Waals surface area contributed by atoms with Crippen LogP contribution in [0.2, 0.25) is 0 Å². The van der Waals surface area contributed by atoms with Gasteiger partial charge in [0.2, 0.25) is 0 Å². The van der Waals surface area contributed by atoms with E-state index in [0.29, 0.717) is 5.82 Å². The number of benzene rings is 9. The van der Waals surface area contributed by atoms with Gasteiger partial charge in [-0.15, -0.1) is 11.3 Å². The van der Waals surface area contributed by atoms with Gasteiger partial charge in [-0.1, -0.05) is 182 Å². The summed E-state index contributed by atoms with van der Waals surface area (Å²) in [5, 5.41) is 2.59.